The lowest BCUT2D eigenvalue weighted by molar-refractivity contribution is -0.166. The van der Waals surface area contributed by atoms with Crippen LogP contribution < -0.4 is 9.64 Å². The third-order valence-corrected chi connectivity index (χ3v) is 10.8. The number of ether oxygens (including phenoxy) is 1. The summed E-state index contributed by atoms with van der Waals surface area (Å²) in [7, 11) is 1.40. The molecule has 1 aromatic carbocycles. The molecule has 45 heavy (non-hydrogen) atoms. The largest absolute Gasteiger partial charge is 0.497 e. The third-order valence-electron chi connectivity index (χ3n) is 10.5. The first kappa shape index (κ1) is 33.7. The lowest BCUT2D eigenvalue weighted by Gasteiger charge is -2.52. The van der Waals surface area contributed by atoms with E-state index in [2.05, 4.69) is 9.88 Å². The molecule has 2 saturated carbocycles. The lowest BCUT2D eigenvalue weighted by atomic mass is 9.56. The number of piperidine rings is 1. The molecule has 9 heteroatoms. The molecule has 0 N–H and O–H groups in total. The Hall–Kier alpha value is -2.61. The Morgan fingerprint density at radius 2 is 1.76 bits per heavy atom. The van der Waals surface area contributed by atoms with E-state index in [0.29, 0.717) is 40.6 Å². The van der Waals surface area contributed by atoms with Gasteiger partial charge in [0.15, 0.2) is 11.6 Å². The number of halogens is 4. The molecule has 1 spiro atoms. The number of hydrogen-bond donors (Lipinski definition) is 0. The van der Waals surface area contributed by atoms with Gasteiger partial charge in [-0.3, -0.25) is 9.59 Å². The van der Waals surface area contributed by atoms with Gasteiger partial charge in [-0.25, -0.2) is 4.98 Å². The van der Waals surface area contributed by atoms with Gasteiger partial charge in [-0.15, -0.1) is 0 Å². The molecule has 0 radical (unpaired) electrons. The predicted octanol–water partition coefficient (Wildman–Crippen LogP) is 9.61. The van der Waals surface area contributed by atoms with Gasteiger partial charge < -0.3 is 9.64 Å². The highest BCUT2D eigenvalue weighted by molar-refractivity contribution is 6.32. The van der Waals surface area contributed by atoms with Crippen molar-refractivity contribution in [3.63, 3.8) is 0 Å². The summed E-state index contributed by atoms with van der Waals surface area (Å²) < 4.78 is 46.9. The SMILES string of the molecule is COc1cccc([C@@H](C(=O)C(C)CCCCC2CC3(CCN(c4ccc(C(=O)CCCC5CC5)c(Cl)n4)CC3)C2)C(F)(F)F)c1. The number of carbonyl (C=O) groups is 2. The van der Waals surface area contributed by atoms with Gasteiger partial charge in [0.25, 0.3) is 0 Å². The van der Waals surface area contributed by atoms with Crippen LogP contribution in [0.15, 0.2) is 36.4 Å². The Morgan fingerprint density at radius 3 is 2.40 bits per heavy atom. The second kappa shape index (κ2) is 14.4. The fraction of sp³-hybridized carbons (Fsp3) is 0.639. The molecule has 1 saturated heterocycles. The van der Waals surface area contributed by atoms with Crippen molar-refractivity contribution in [2.75, 3.05) is 25.1 Å². The van der Waals surface area contributed by atoms with Gasteiger partial charge in [-0.2, -0.15) is 13.2 Å². The molecule has 5 nitrogen and oxygen atoms in total. The van der Waals surface area contributed by atoms with E-state index in [-0.39, 0.29) is 11.3 Å². The Morgan fingerprint density at radius 1 is 1.04 bits per heavy atom. The van der Waals surface area contributed by atoms with Crippen LogP contribution in [0.1, 0.15) is 112 Å². The molecule has 2 aromatic rings. The van der Waals surface area contributed by atoms with Crippen molar-refractivity contribution < 1.29 is 27.5 Å². The first-order valence-corrected chi connectivity index (χ1v) is 17.0. The number of carbonyl (C=O) groups excluding carboxylic acids is 2. The van der Waals surface area contributed by atoms with Gasteiger partial charge in [-0.1, -0.05) is 69.2 Å². The maximum Gasteiger partial charge on any atom is 0.402 e. The van der Waals surface area contributed by atoms with Gasteiger partial charge in [0, 0.05) is 25.4 Å². The van der Waals surface area contributed by atoms with E-state index >= 15 is 0 Å². The molecular weight excluding hydrogens is 601 g/mol. The van der Waals surface area contributed by atoms with Crippen LogP contribution >= 0.6 is 11.6 Å². The van der Waals surface area contributed by atoms with Gasteiger partial charge in [-0.05, 0) is 85.6 Å². The van der Waals surface area contributed by atoms with E-state index < -0.39 is 23.8 Å². The molecule has 3 fully saturated rings. The quantitative estimate of drug-likeness (QED) is 0.110. The number of alkyl halides is 3. The van der Waals surface area contributed by atoms with Gasteiger partial charge in [0.05, 0.1) is 12.7 Å². The Bertz CT molecular complexity index is 1330. The van der Waals surface area contributed by atoms with Crippen LogP contribution in [0.2, 0.25) is 5.15 Å². The van der Waals surface area contributed by atoms with Gasteiger partial charge in [0.2, 0.25) is 0 Å². The van der Waals surface area contributed by atoms with E-state index in [1.54, 1.807) is 13.0 Å². The highest BCUT2D eigenvalue weighted by Gasteiger charge is 2.47. The summed E-state index contributed by atoms with van der Waals surface area (Å²) in [5, 5.41) is 0.304. The zero-order chi connectivity index (χ0) is 32.2. The zero-order valence-electron chi connectivity index (χ0n) is 26.5. The van der Waals surface area contributed by atoms with E-state index in [1.807, 2.05) is 12.1 Å². The maximum atomic E-state index is 13.9. The minimum atomic E-state index is -4.65. The molecule has 2 aliphatic carbocycles. The monoisotopic (exact) mass is 646 g/mol. The first-order chi connectivity index (χ1) is 21.5. The number of Topliss-reactive ketones (excluding diaryl/α,β-unsaturated/α-hetero) is 2. The molecule has 1 aliphatic heterocycles. The number of ketones is 2. The molecule has 0 bridgehead atoms. The average molecular weight is 647 g/mol. The molecule has 2 heterocycles. The van der Waals surface area contributed by atoms with E-state index in [4.69, 9.17) is 16.3 Å². The van der Waals surface area contributed by atoms with Crippen LogP contribution in [-0.4, -0.2) is 42.9 Å². The lowest BCUT2D eigenvalue weighted by Crippen LogP contribution is -2.47. The smallest absolute Gasteiger partial charge is 0.402 e. The van der Waals surface area contributed by atoms with Crippen LogP contribution in [0.5, 0.6) is 5.75 Å². The van der Waals surface area contributed by atoms with Crippen molar-refractivity contribution in [2.45, 2.75) is 102 Å². The summed E-state index contributed by atoms with van der Waals surface area (Å²) in [6.07, 6.45) is 8.29. The summed E-state index contributed by atoms with van der Waals surface area (Å²) in [4.78, 5) is 32.4. The fourth-order valence-electron chi connectivity index (χ4n) is 7.53. The normalized spacial score (nSPS) is 19.6. The summed E-state index contributed by atoms with van der Waals surface area (Å²) >= 11 is 6.45. The van der Waals surface area contributed by atoms with Crippen molar-refractivity contribution in [1.29, 1.82) is 0 Å². The Balaban J connectivity index is 1.01. The minimum Gasteiger partial charge on any atom is -0.497 e. The summed E-state index contributed by atoms with van der Waals surface area (Å²) in [6, 6.07) is 9.49. The van der Waals surface area contributed by atoms with Crippen LogP contribution in [0.3, 0.4) is 0 Å². The minimum absolute atomic E-state index is 0.0649. The van der Waals surface area contributed by atoms with Crippen molar-refractivity contribution in [3.8, 4) is 5.75 Å². The summed E-state index contributed by atoms with van der Waals surface area (Å²) in [5.41, 5.74) is 0.828. The van der Waals surface area contributed by atoms with E-state index in [9.17, 15) is 22.8 Å². The number of methoxy groups -OCH3 is 1. The first-order valence-electron chi connectivity index (χ1n) is 16.7. The molecule has 0 amide bonds. The Labute approximate surface area is 270 Å². The topological polar surface area (TPSA) is 59.5 Å². The average Bonchev–Trinajstić information content (AvgIpc) is 3.82. The molecule has 3 aliphatic rings. The van der Waals surface area contributed by atoms with Crippen LogP contribution in [0.4, 0.5) is 19.0 Å². The molecular formula is C36H46ClF3N2O3. The number of benzene rings is 1. The van der Waals surface area contributed by atoms with Crippen LogP contribution in [0.25, 0.3) is 0 Å². The summed E-state index contributed by atoms with van der Waals surface area (Å²) in [5.74, 6) is -0.882. The van der Waals surface area contributed by atoms with Gasteiger partial charge >= 0.3 is 6.18 Å². The highest BCUT2D eigenvalue weighted by atomic mass is 35.5. The maximum absolute atomic E-state index is 13.9. The highest BCUT2D eigenvalue weighted by Crippen LogP contribution is 2.54. The predicted molar refractivity (Wildman–Crippen MR) is 171 cm³/mol. The van der Waals surface area contributed by atoms with Crippen molar-refractivity contribution >= 4 is 29.0 Å². The Kier molecular flexibility index (Phi) is 10.8. The standard InChI is InChI=1S/C36H46ClF3N2O3/c1-24(33(44)32(36(38,39)40)27-10-6-11-28(21-27)45-2)7-3-4-8-26-22-35(23-26)17-19-42(20-18-35)31-16-15-29(34(37)41-31)30(43)12-5-9-25-13-14-25/h6,10-11,15-16,21,24-26,32H,3-5,7-9,12-14,17-20,22-23H2,1-2H3/t24?,32-/m0/s1. The van der Waals surface area contributed by atoms with Crippen LogP contribution in [-0.2, 0) is 4.79 Å². The molecule has 2 atom stereocenters. The second-order valence-electron chi connectivity index (χ2n) is 13.9. The number of unbranched alkanes of at least 4 members (excludes halogenated alkanes) is 1. The van der Waals surface area contributed by atoms with Crippen molar-refractivity contribution in [3.05, 3.63) is 52.7 Å². The van der Waals surface area contributed by atoms with Gasteiger partial charge in [0.1, 0.15) is 22.6 Å². The molecule has 1 aromatic heterocycles. The van der Waals surface area contributed by atoms with Crippen molar-refractivity contribution in [1.82, 2.24) is 4.98 Å². The van der Waals surface area contributed by atoms with Crippen LogP contribution in [0, 0.1) is 23.2 Å². The summed E-state index contributed by atoms with van der Waals surface area (Å²) in [6.45, 7) is 3.45. The number of pyridine rings is 1. The third kappa shape index (κ3) is 8.60. The fourth-order valence-corrected chi connectivity index (χ4v) is 7.79. The number of rotatable bonds is 15. The molecule has 5 rings (SSSR count). The molecule has 1 unspecified atom stereocenters. The van der Waals surface area contributed by atoms with E-state index in [0.717, 1.165) is 69.8 Å². The van der Waals surface area contributed by atoms with E-state index in [1.165, 1.54) is 51.0 Å². The number of aromatic nitrogens is 1. The zero-order valence-corrected chi connectivity index (χ0v) is 27.3. The molecule has 246 valence electrons. The second-order valence-corrected chi connectivity index (χ2v) is 14.2. The number of nitrogens with zero attached hydrogens (tertiary/aromatic N) is 2. The number of hydrogen-bond acceptors (Lipinski definition) is 5. The number of anilines is 1. The van der Waals surface area contributed by atoms with Crippen molar-refractivity contribution in [2.24, 2.45) is 23.2 Å².